The van der Waals surface area contributed by atoms with Gasteiger partial charge in [0.25, 0.3) is 0 Å². The van der Waals surface area contributed by atoms with Crippen molar-refractivity contribution in [2.24, 2.45) is 5.41 Å². The summed E-state index contributed by atoms with van der Waals surface area (Å²) in [7, 11) is 0. The maximum absolute atomic E-state index is 13.4. The molecule has 0 saturated heterocycles. The van der Waals surface area contributed by atoms with Gasteiger partial charge in [-0.3, -0.25) is 4.79 Å². The fourth-order valence-electron chi connectivity index (χ4n) is 5.42. The Bertz CT molecular complexity index is 585. The molecule has 0 heterocycles. The zero-order valence-corrected chi connectivity index (χ0v) is 13.8. The molecule has 1 amide bonds. The summed E-state index contributed by atoms with van der Waals surface area (Å²) >= 11 is 0. The van der Waals surface area contributed by atoms with Crippen molar-refractivity contribution in [3.8, 4) is 0 Å². The van der Waals surface area contributed by atoms with Crippen molar-refractivity contribution < 1.29 is 9.90 Å². The number of hydrogen-bond donors (Lipinski definition) is 2. The van der Waals surface area contributed by atoms with Gasteiger partial charge in [-0.25, -0.2) is 0 Å². The second-order valence-electron chi connectivity index (χ2n) is 8.04. The molecule has 1 spiro atoms. The molecule has 3 saturated carbocycles. The van der Waals surface area contributed by atoms with Crippen LogP contribution in [0.5, 0.6) is 0 Å². The van der Waals surface area contributed by atoms with Crippen LogP contribution < -0.4 is 5.32 Å². The van der Waals surface area contributed by atoms with E-state index in [0.717, 1.165) is 32.1 Å². The molecule has 0 aliphatic heterocycles. The summed E-state index contributed by atoms with van der Waals surface area (Å²) in [5.74, 6) is 0.168. The fraction of sp³-hybridized carbons (Fsp3) is 0.650. The highest BCUT2D eigenvalue weighted by atomic mass is 16.3. The molecule has 0 unspecified atom stereocenters. The van der Waals surface area contributed by atoms with Crippen LogP contribution in [-0.2, 0) is 10.2 Å². The third-order valence-electron chi connectivity index (χ3n) is 6.84. The maximum atomic E-state index is 13.4. The summed E-state index contributed by atoms with van der Waals surface area (Å²) < 4.78 is 0. The number of hydrogen-bond acceptors (Lipinski definition) is 2. The molecule has 1 aromatic rings. The van der Waals surface area contributed by atoms with E-state index in [-0.39, 0.29) is 28.9 Å². The minimum atomic E-state index is -0.374. The number of amides is 1. The van der Waals surface area contributed by atoms with Crippen LogP contribution in [0.4, 0.5) is 0 Å². The van der Waals surface area contributed by atoms with Gasteiger partial charge in [-0.15, -0.1) is 0 Å². The Kier molecular flexibility index (Phi) is 3.53. The first-order valence-corrected chi connectivity index (χ1v) is 9.16. The Hall–Kier alpha value is -1.35. The summed E-state index contributed by atoms with van der Waals surface area (Å²) in [6.45, 7) is 0.0661. The second-order valence-corrected chi connectivity index (χ2v) is 8.04. The Morgan fingerprint density at radius 1 is 1.00 bits per heavy atom. The number of rotatable bonds is 4. The molecule has 3 fully saturated rings. The Labute approximate surface area is 138 Å². The molecular weight excluding hydrogens is 286 g/mol. The van der Waals surface area contributed by atoms with E-state index in [1.54, 1.807) is 0 Å². The molecule has 3 aliphatic carbocycles. The Balaban J connectivity index is 1.66. The molecule has 124 valence electrons. The van der Waals surface area contributed by atoms with Crippen LogP contribution in [0.15, 0.2) is 30.3 Å². The van der Waals surface area contributed by atoms with Crippen LogP contribution in [0.3, 0.4) is 0 Å². The molecule has 3 aliphatic rings. The maximum Gasteiger partial charge on any atom is 0.231 e. The van der Waals surface area contributed by atoms with E-state index >= 15 is 0 Å². The van der Waals surface area contributed by atoms with Gasteiger partial charge < -0.3 is 10.4 Å². The van der Waals surface area contributed by atoms with Crippen molar-refractivity contribution in [1.29, 1.82) is 0 Å². The summed E-state index contributed by atoms with van der Waals surface area (Å²) in [5, 5.41) is 13.2. The third-order valence-corrected chi connectivity index (χ3v) is 6.84. The van der Waals surface area contributed by atoms with Crippen molar-refractivity contribution in [3.05, 3.63) is 35.9 Å². The Morgan fingerprint density at radius 2 is 1.61 bits per heavy atom. The molecule has 3 nitrogen and oxygen atoms in total. The number of aliphatic hydroxyl groups excluding tert-OH is 1. The van der Waals surface area contributed by atoms with E-state index in [1.807, 2.05) is 18.2 Å². The molecule has 3 heteroatoms. The SMILES string of the molecule is O=C(NC1(CO)CCCC1)[C@@]1(c2ccccc2)CC12CCCC2. The quantitative estimate of drug-likeness (QED) is 0.896. The van der Waals surface area contributed by atoms with E-state index in [9.17, 15) is 9.90 Å². The average molecular weight is 313 g/mol. The van der Waals surface area contributed by atoms with Gasteiger partial charge in [0.1, 0.15) is 0 Å². The van der Waals surface area contributed by atoms with Gasteiger partial charge in [0.05, 0.1) is 17.6 Å². The lowest BCUT2D eigenvalue weighted by molar-refractivity contribution is -0.127. The molecular formula is C20H27NO2. The number of aliphatic hydroxyl groups is 1. The van der Waals surface area contributed by atoms with Crippen LogP contribution in [0.1, 0.15) is 63.4 Å². The highest BCUT2D eigenvalue weighted by Gasteiger charge is 2.72. The van der Waals surface area contributed by atoms with Gasteiger partial charge in [-0.05, 0) is 43.1 Å². The number of carbonyl (C=O) groups is 1. The topological polar surface area (TPSA) is 49.3 Å². The minimum Gasteiger partial charge on any atom is -0.394 e. The van der Waals surface area contributed by atoms with Crippen LogP contribution in [0.2, 0.25) is 0 Å². The highest BCUT2D eigenvalue weighted by Crippen LogP contribution is 2.72. The molecule has 4 rings (SSSR count). The second kappa shape index (κ2) is 5.34. The van der Waals surface area contributed by atoms with Gasteiger partial charge in [-0.2, -0.15) is 0 Å². The average Bonchev–Trinajstić information content (AvgIpc) is 2.91. The molecule has 0 radical (unpaired) electrons. The van der Waals surface area contributed by atoms with E-state index in [2.05, 4.69) is 17.4 Å². The molecule has 23 heavy (non-hydrogen) atoms. The van der Waals surface area contributed by atoms with Crippen molar-refractivity contribution in [3.63, 3.8) is 0 Å². The first-order valence-electron chi connectivity index (χ1n) is 9.16. The lowest BCUT2D eigenvalue weighted by Crippen LogP contribution is -2.53. The predicted octanol–water partition coefficient (Wildman–Crippen LogP) is 3.31. The smallest absolute Gasteiger partial charge is 0.231 e. The largest absolute Gasteiger partial charge is 0.394 e. The van der Waals surface area contributed by atoms with Crippen LogP contribution in [-0.4, -0.2) is 23.2 Å². The molecule has 1 atom stereocenters. The summed E-state index contributed by atoms with van der Waals surface area (Å²) in [4.78, 5) is 13.4. The normalized spacial score (nSPS) is 30.5. The highest BCUT2D eigenvalue weighted by molar-refractivity contribution is 5.94. The zero-order valence-electron chi connectivity index (χ0n) is 13.8. The number of nitrogens with one attached hydrogen (secondary N) is 1. The summed E-state index contributed by atoms with van der Waals surface area (Å²) in [5.41, 5.74) is 0.621. The van der Waals surface area contributed by atoms with E-state index in [1.165, 1.54) is 31.2 Å². The first kappa shape index (κ1) is 15.2. The fourth-order valence-corrected chi connectivity index (χ4v) is 5.42. The standard InChI is InChI=1S/C20H27NO2/c22-15-19(12-6-7-13-19)21-17(23)20(16-8-2-1-3-9-16)14-18(20)10-4-5-11-18/h1-3,8-9,22H,4-7,10-15H2,(H,21,23)/t20-/m0/s1. The molecule has 2 N–H and O–H groups in total. The van der Waals surface area contributed by atoms with Gasteiger partial charge in [0.15, 0.2) is 0 Å². The number of carbonyl (C=O) groups excluding carboxylic acids is 1. The van der Waals surface area contributed by atoms with Crippen LogP contribution in [0.25, 0.3) is 0 Å². The predicted molar refractivity (Wildman–Crippen MR) is 90.1 cm³/mol. The van der Waals surface area contributed by atoms with Crippen LogP contribution in [0, 0.1) is 5.41 Å². The van der Waals surface area contributed by atoms with Gasteiger partial charge in [0.2, 0.25) is 5.91 Å². The third kappa shape index (κ3) is 2.16. The van der Waals surface area contributed by atoms with Crippen molar-refractivity contribution in [2.45, 2.75) is 68.7 Å². The molecule has 0 bridgehead atoms. The van der Waals surface area contributed by atoms with E-state index in [0.29, 0.717) is 0 Å². The molecule has 0 aromatic heterocycles. The Morgan fingerprint density at radius 3 is 2.22 bits per heavy atom. The lowest BCUT2D eigenvalue weighted by atomic mass is 9.83. The zero-order chi connectivity index (χ0) is 16.0. The van der Waals surface area contributed by atoms with Gasteiger partial charge in [0, 0.05) is 0 Å². The first-order chi connectivity index (χ1) is 11.2. The molecule has 1 aromatic carbocycles. The minimum absolute atomic E-state index is 0.0661. The van der Waals surface area contributed by atoms with Gasteiger partial charge >= 0.3 is 0 Å². The van der Waals surface area contributed by atoms with Crippen molar-refractivity contribution in [2.75, 3.05) is 6.61 Å². The van der Waals surface area contributed by atoms with Crippen molar-refractivity contribution in [1.82, 2.24) is 5.32 Å². The van der Waals surface area contributed by atoms with E-state index < -0.39 is 0 Å². The lowest BCUT2D eigenvalue weighted by Gasteiger charge is -2.32. The van der Waals surface area contributed by atoms with Gasteiger partial charge in [-0.1, -0.05) is 56.0 Å². The van der Waals surface area contributed by atoms with E-state index in [4.69, 9.17) is 0 Å². The van der Waals surface area contributed by atoms with Crippen molar-refractivity contribution >= 4 is 5.91 Å². The summed E-state index contributed by atoms with van der Waals surface area (Å²) in [6.07, 6.45) is 9.83. The number of benzene rings is 1. The van der Waals surface area contributed by atoms with Crippen LogP contribution >= 0.6 is 0 Å². The monoisotopic (exact) mass is 313 g/mol. The summed E-state index contributed by atoms with van der Waals surface area (Å²) in [6, 6.07) is 10.3.